The van der Waals surface area contributed by atoms with Crippen molar-refractivity contribution in [3.8, 4) is 17.0 Å². The molecule has 4 heteroatoms. The first-order valence-corrected chi connectivity index (χ1v) is 8.22. The summed E-state index contributed by atoms with van der Waals surface area (Å²) >= 11 is 0. The minimum atomic E-state index is 0.664. The van der Waals surface area contributed by atoms with Gasteiger partial charge in [0.2, 0.25) is 5.95 Å². The van der Waals surface area contributed by atoms with Gasteiger partial charge >= 0.3 is 0 Å². The molecular weight excluding hydrogens is 298 g/mol. The van der Waals surface area contributed by atoms with E-state index in [2.05, 4.69) is 52.1 Å². The van der Waals surface area contributed by atoms with Gasteiger partial charge in [0.25, 0.3) is 0 Å². The predicted molar refractivity (Wildman–Crippen MR) is 98.3 cm³/mol. The average molecular weight is 321 g/mol. The van der Waals surface area contributed by atoms with Gasteiger partial charge in [-0.05, 0) is 25.5 Å². The number of hydrogen-bond donors (Lipinski definition) is 1. The van der Waals surface area contributed by atoms with Crippen LogP contribution in [0.5, 0.6) is 5.75 Å². The molecule has 0 spiro atoms. The van der Waals surface area contributed by atoms with Crippen molar-refractivity contribution in [1.29, 1.82) is 0 Å². The Hall–Kier alpha value is -2.75. The normalized spacial score (nSPS) is 10.6. The minimum absolute atomic E-state index is 0.664. The van der Waals surface area contributed by atoms with E-state index in [0.717, 1.165) is 23.0 Å². The van der Waals surface area contributed by atoms with E-state index in [0.29, 0.717) is 13.2 Å². The molecule has 3 aromatic rings. The molecule has 0 aliphatic carbocycles. The summed E-state index contributed by atoms with van der Waals surface area (Å²) in [5.41, 5.74) is 4.64. The quantitative estimate of drug-likeness (QED) is 0.731. The van der Waals surface area contributed by atoms with Crippen LogP contribution in [0.15, 0.2) is 54.7 Å². The summed E-state index contributed by atoms with van der Waals surface area (Å²) in [6.07, 6.45) is 1.90. The van der Waals surface area contributed by atoms with Crippen LogP contribution in [0.2, 0.25) is 0 Å². The average Bonchev–Trinajstić information content (AvgIpc) is 2.96. The van der Waals surface area contributed by atoms with Crippen molar-refractivity contribution in [3.05, 3.63) is 65.9 Å². The number of anilines is 1. The van der Waals surface area contributed by atoms with E-state index in [4.69, 9.17) is 4.74 Å². The highest BCUT2D eigenvalue weighted by atomic mass is 16.5. The third-order valence-corrected chi connectivity index (χ3v) is 4.04. The van der Waals surface area contributed by atoms with Crippen molar-refractivity contribution in [3.63, 3.8) is 0 Å². The number of rotatable bonds is 6. The standard InChI is InChI=1S/C20H23N3O/c1-4-24-19-8-6-5-7-17(19)13-21-20-22-14-18(23(20)3)16-11-9-15(2)10-12-16/h5-12,14H,4,13H2,1-3H3,(H,21,22). The van der Waals surface area contributed by atoms with E-state index in [1.807, 2.05) is 38.4 Å². The van der Waals surface area contributed by atoms with Gasteiger partial charge in [0.15, 0.2) is 0 Å². The lowest BCUT2D eigenvalue weighted by atomic mass is 10.1. The van der Waals surface area contributed by atoms with Crippen LogP contribution in [-0.4, -0.2) is 16.2 Å². The summed E-state index contributed by atoms with van der Waals surface area (Å²) in [6.45, 7) is 5.43. The Morgan fingerprint density at radius 3 is 2.58 bits per heavy atom. The van der Waals surface area contributed by atoms with Crippen molar-refractivity contribution in [2.24, 2.45) is 7.05 Å². The summed E-state index contributed by atoms with van der Waals surface area (Å²) in [7, 11) is 2.03. The zero-order valence-corrected chi connectivity index (χ0v) is 14.4. The number of aromatic nitrogens is 2. The highest BCUT2D eigenvalue weighted by molar-refractivity contribution is 5.62. The SMILES string of the molecule is CCOc1ccccc1CNc1ncc(-c2ccc(C)cc2)n1C. The maximum Gasteiger partial charge on any atom is 0.203 e. The fourth-order valence-electron chi connectivity index (χ4n) is 2.69. The maximum atomic E-state index is 5.67. The van der Waals surface area contributed by atoms with Gasteiger partial charge in [-0.1, -0.05) is 48.0 Å². The number of imidazole rings is 1. The predicted octanol–water partition coefficient (Wildman–Crippen LogP) is 4.41. The summed E-state index contributed by atoms with van der Waals surface area (Å²) < 4.78 is 7.75. The third kappa shape index (κ3) is 3.43. The van der Waals surface area contributed by atoms with Crippen molar-refractivity contribution >= 4 is 5.95 Å². The van der Waals surface area contributed by atoms with Crippen LogP contribution in [-0.2, 0) is 13.6 Å². The number of benzene rings is 2. The van der Waals surface area contributed by atoms with Crippen LogP contribution in [0.3, 0.4) is 0 Å². The molecule has 0 bridgehead atoms. The summed E-state index contributed by atoms with van der Waals surface area (Å²) in [6, 6.07) is 16.6. The zero-order chi connectivity index (χ0) is 16.9. The topological polar surface area (TPSA) is 39.1 Å². The Morgan fingerprint density at radius 2 is 1.83 bits per heavy atom. The second-order valence-corrected chi connectivity index (χ2v) is 5.79. The van der Waals surface area contributed by atoms with Crippen LogP contribution in [0.1, 0.15) is 18.1 Å². The van der Waals surface area contributed by atoms with Crippen molar-refractivity contribution in [2.75, 3.05) is 11.9 Å². The highest BCUT2D eigenvalue weighted by Gasteiger charge is 2.09. The molecule has 1 N–H and O–H groups in total. The molecule has 0 saturated carbocycles. The second kappa shape index (κ2) is 7.21. The number of aryl methyl sites for hydroxylation is 1. The number of para-hydroxylation sites is 1. The lowest BCUT2D eigenvalue weighted by molar-refractivity contribution is 0.337. The van der Waals surface area contributed by atoms with Gasteiger partial charge in [0, 0.05) is 19.2 Å². The Kier molecular flexibility index (Phi) is 4.85. The summed E-state index contributed by atoms with van der Waals surface area (Å²) in [5, 5.41) is 3.40. The molecule has 2 aromatic carbocycles. The van der Waals surface area contributed by atoms with Gasteiger partial charge in [-0.15, -0.1) is 0 Å². The Balaban J connectivity index is 1.76. The molecule has 0 atom stereocenters. The van der Waals surface area contributed by atoms with Crippen LogP contribution in [0, 0.1) is 6.92 Å². The lowest BCUT2D eigenvalue weighted by Crippen LogP contribution is -2.07. The Labute approximate surface area is 143 Å². The molecule has 0 fully saturated rings. The Bertz CT molecular complexity index is 806. The Morgan fingerprint density at radius 1 is 1.08 bits per heavy atom. The number of nitrogens with one attached hydrogen (secondary N) is 1. The first kappa shape index (κ1) is 16.1. The van der Waals surface area contributed by atoms with Gasteiger partial charge in [-0.3, -0.25) is 0 Å². The fourth-order valence-corrected chi connectivity index (χ4v) is 2.69. The van der Waals surface area contributed by atoms with Gasteiger partial charge in [-0.2, -0.15) is 0 Å². The minimum Gasteiger partial charge on any atom is -0.494 e. The van der Waals surface area contributed by atoms with Gasteiger partial charge < -0.3 is 14.6 Å². The van der Waals surface area contributed by atoms with Gasteiger partial charge in [0.1, 0.15) is 5.75 Å². The van der Waals surface area contributed by atoms with Crippen LogP contribution >= 0.6 is 0 Å². The molecule has 1 heterocycles. The van der Waals surface area contributed by atoms with Crippen LogP contribution < -0.4 is 10.1 Å². The van der Waals surface area contributed by atoms with Crippen LogP contribution in [0.25, 0.3) is 11.3 Å². The molecule has 0 aliphatic rings. The lowest BCUT2D eigenvalue weighted by Gasteiger charge is -2.12. The molecular formula is C20H23N3O. The molecule has 0 aliphatic heterocycles. The largest absolute Gasteiger partial charge is 0.494 e. The molecule has 0 radical (unpaired) electrons. The van der Waals surface area contributed by atoms with Gasteiger partial charge in [-0.25, -0.2) is 4.98 Å². The first-order chi connectivity index (χ1) is 11.7. The highest BCUT2D eigenvalue weighted by Crippen LogP contribution is 2.24. The van der Waals surface area contributed by atoms with Crippen LogP contribution in [0.4, 0.5) is 5.95 Å². The van der Waals surface area contributed by atoms with E-state index in [-0.39, 0.29) is 0 Å². The molecule has 24 heavy (non-hydrogen) atoms. The molecule has 0 saturated heterocycles. The second-order valence-electron chi connectivity index (χ2n) is 5.79. The number of hydrogen-bond acceptors (Lipinski definition) is 3. The first-order valence-electron chi connectivity index (χ1n) is 8.22. The zero-order valence-electron chi connectivity index (χ0n) is 14.4. The molecule has 3 rings (SSSR count). The van der Waals surface area contributed by atoms with E-state index in [9.17, 15) is 0 Å². The summed E-state index contributed by atoms with van der Waals surface area (Å²) in [5.74, 6) is 1.76. The van der Waals surface area contributed by atoms with Gasteiger partial charge in [0.05, 0.1) is 18.5 Å². The van der Waals surface area contributed by atoms with Crippen molar-refractivity contribution < 1.29 is 4.74 Å². The number of ether oxygens (including phenoxy) is 1. The molecule has 124 valence electrons. The smallest absolute Gasteiger partial charge is 0.203 e. The molecule has 4 nitrogen and oxygen atoms in total. The molecule has 0 unspecified atom stereocenters. The van der Waals surface area contributed by atoms with E-state index in [1.165, 1.54) is 11.1 Å². The third-order valence-electron chi connectivity index (χ3n) is 4.04. The molecule has 1 aromatic heterocycles. The van der Waals surface area contributed by atoms with Crippen molar-refractivity contribution in [2.45, 2.75) is 20.4 Å². The number of nitrogens with zero attached hydrogens (tertiary/aromatic N) is 2. The monoisotopic (exact) mass is 321 g/mol. The maximum absolute atomic E-state index is 5.67. The van der Waals surface area contributed by atoms with E-state index >= 15 is 0 Å². The van der Waals surface area contributed by atoms with E-state index in [1.54, 1.807) is 0 Å². The molecule has 0 amide bonds. The van der Waals surface area contributed by atoms with E-state index < -0.39 is 0 Å². The summed E-state index contributed by atoms with van der Waals surface area (Å²) in [4.78, 5) is 4.52. The fraction of sp³-hybridized carbons (Fsp3) is 0.250. The van der Waals surface area contributed by atoms with Crippen molar-refractivity contribution in [1.82, 2.24) is 9.55 Å².